The zero-order chi connectivity index (χ0) is 22.7. The van der Waals surface area contributed by atoms with Crippen LogP contribution in [0.1, 0.15) is 60.2 Å². The number of hydrogen-bond donors (Lipinski definition) is 0. The van der Waals surface area contributed by atoms with Crippen LogP contribution in [0, 0.1) is 24.6 Å². The second-order valence-corrected chi connectivity index (χ2v) is 9.31. The predicted molar refractivity (Wildman–Crippen MR) is 121 cm³/mol. The number of halogens is 1. The van der Waals surface area contributed by atoms with Crippen LogP contribution in [0.4, 0.5) is 4.39 Å². The number of hydrogen-bond acceptors (Lipinski definition) is 3. The minimum absolute atomic E-state index is 0.109. The number of nitrogens with zero attached hydrogens (tertiary/aromatic N) is 2. The van der Waals surface area contributed by atoms with Crippen molar-refractivity contribution in [2.75, 3.05) is 20.1 Å². The summed E-state index contributed by atoms with van der Waals surface area (Å²) in [5.41, 5.74) is 1.16. The summed E-state index contributed by atoms with van der Waals surface area (Å²) in [6, 6.07) is 8.32. The fourth-order valence-corrected chi connectivity index (χ4v) is 5.39. The molecule has 1 unspecified atom stereocenters. The molecule has 1 aliphatic heterocycles. The van der Waals surface area contributed by atoms with Gasteiger partial charge in [-0.15, -0.1) is 0 Å². The Labute approximate surface area is 189 Å². The van der Waals surface area contributed by atoms with Crippen LogP contribution < -0.4 is 0 Å². The van der Waals surface area contributed by atoms with Crippen molar-refractivity contribution in [3.8, 4) is 0 Å². The Kier molecular flexibility index (Phi) is 6.97. The lowest BCUT2D eigenvalue weighted by atomic mass is 9.84. The van der Waals surface area contributed by atoms with E-state index in [9.17, 15) is 14.0 Å². The molecule has 4 rings (SSSR count). The van der Waals surface area contributed by atoms with Gasteiger partial charge in [-0.2, -0.15) is 0 Å². The number of carbonyl (C=O) groups excluding carboxylic acids is 2. The number of furan rings is 1. The van der Waals surface area contributed by atoms with Gasteiger partial charge >= 0.3 is 0 Å². The second-order valence-electron chi connectivity index (χ2n) is 9.31. The number of piperidine rings is 1. The molecule has 2 aliphatic rings. The number of likely N-dealkylation sites (N-methyl/N-ethyl adjacent to an activating group) is 1. The Bertz CT molecular complexity index is 942. The van der Waals surface area contributed by atoms with Crippen LogP contribution in [0.5, 0.6) is 0 Å². The van der Waals surface area contributed by atoms with Crippen LogP contribution >= 0.6 is 0 Å². The third-order valence-corrected chi connectivity index (χ3v) is 7.39. The van der Waals surface area contributed by atoms with E-state index in [1.54, 1.807) is 37.1 Å². The van der Waals surface area contributed by atoms with Gasteiger partial charge in [-0.1, -0.05) is 31.0 Å². The van der Waals surface area contributed by atoms with E-state index in [0.717, 1.165) is 38.5 Å². The molecule has 1 aromatic heterocycles. The molecule has 1 aliphatic carbocycles. The van der Waals surface area contributed by atoms with Crippen molar-refractivity contribution in [2.24, 2.45) is 11.8 Å². The van der Waals surface area contributed by atoms with Crippen LogP contribution in [-0.2, 0) is 11.2 Å². The summed E-state index contributed by atoms with van der Waals surface area (Å²) in [5, 5.41) is 0. The van der Waals surface area contributed by atoms with Gasteiger partial charge in [0.1, 0.15) is 11.6 Å². The van der Waals surface area contributed by atoms with Crippen molar-refractivity contribution < 1.29 is 18.4 Å². The Hall–Kier alpha value is -2.63. The minimum Gasteiger partial charge on any atom is -0.469 e. The topological polar surface area (TPSA) is 53.8 Å². The van der Waals surface area contributed by atoms with E-state index in [4.69, 9.17) is 4.42 Å². The van der Waals surface area contributed by atoms with Crippen molar-refractivity contribution in [2.45, 2.75) is 57.9 Å². The van der Waals surface area contributed by atoms with Crippen LogP contribution in [0.25, 0.3) is 0 Å². The number of likely N-dealkylation sites (tertiary alicyclic amines) is 1. The Morgan fingerprint density at radius 3 is 2.44 bits per heavy atom. The molecule has 2 fully saturated rings. The summed E-state index contributed by atoms with van der Waals surface area (Å²) in [6.07, 6.45) is 7.93. The lowest BCUT2D eigenvalue weighted by Gasteiger charge is -2.40. The average molecular weight is 441 g/mol. The van der Waals surface area contributed by atoms with Gasteiger partial charge in [-0.05, 0) is 62.6 Å². The van der Waals surface area contributed by atoms with E-state index in [1.165, 1.54) is 12.3 Å². The standard InChI is InChI=1S/C26H33FN2O3/c1-18-22(13-16-32-18)26(31)28(2)24(17-21-9-5-6-10-23(21)27)19-11-14-29(15-12-19)25(30)20-7-3-4-8-20/h5-6,9-10,13,16,19-20,24H,3-4,7-8,11-12,14-15,17H2,1-2H3. The third kappa shape index (κ3) is 4.74. The normalized spacial score (nSPS) is 18.7. The van der Waals surface area contributed by atoms with Crippen molar-refractivity contribution >= 4 is 11.8 Å². The highest BCUT2D eigenvalue weighted by atomic mass is 19.1. The highest BCUT2D eigenvalue weighted by Gasteiger charge is 2.35. The quantitative estimate of drug-likeness (QED) is 0.646. The van der Waals surface area contributed by atoms with Crippen molar-refractivity contribution in [3.63, 3.8) is 0 Å². The average Bonchev–Trinajstić information content (AvgIpc) is 3.49. The molecule has 6 heteroatoms. The van der Waals surface area contributed by atoms with Crippen molar-refractivity contribution in [1.82, 2.24) is 9.80 Å². The summed E-state index contributed by atoms with van der Waals surface area (Å²) in [6.45, 7) is 3.20. The molecule has 1 aromatic carbocycles. The second kappa shape index (κ2) is 9.88. The Balaban J connectivity index is 1.50. The molecule has 1 saturated heterocycles. The predicted octanol–water partition coefficient (Wildman–Crippen LogP) is 4.84. The van der Waals surface area contributed by atoms with Crippen LogP contribution in [0.2, 0.25) is 0 Å². The zero-order valence-corrected chi connectivity index (χ0v) is 19.1. The van der Waals surface area contributed by atoms with Gasteiger partial charge in [-0.3, -0.25) is 9.59 Å². The molecule has 1 atom stereocenters. The number of carbonyl (C=O) groups is 2. The molecule has 2 amide bonds. The minimum atomic E-state index is -0.244. The van der Waals surface area contributed by atoms with Crippen molar-refractivity contribution in [1.29, 1.82) is 0 Å². The highest BCUT2D eigenvalue weighted by molar-refractivity contribution is 5.95. The maximum absolute atomic E-state index is 14.5. The largest absolute Gasteiger partial charge is 0.469 e. The molecule has 1 saturated carbocycles. The van der Waals surface area contributed by atoms with Gasteiger partial charge in [0.25, 0.3) is 5.91 Å². The number of rotatable bonds is 6. The summed E-state index contributed by atoms with van der Waals surface area (Å²) in [7, 11) is 1.80. The molecule has 0 N–H and O–H groups in total. The van der Waals surface area contributed by atoms with E-state index in [-0.39, 0.29) is 29.6 Å². The lowest BCUT2D eigenvalue weighted by molar-refractivity contribution is -0.137. The first-order valence-electron chi connectivity index (χ1n) is 11.8. The van der Waals surface area contributed by atoms with E-state index < -0.39 is 0 Å². The highest BCUT2D eigenvalue weighted by Crippen LogP contribution is 2.31. The molecular weight excluding hydrogens is 407 g/mol. The van der Waals surface area contributed by atoms with Gasteiger partial charge < -0.3 is 14.2 Å². The van der Waals surface area contributed by atoms with Gasteiger partial charge in [-0.25, -0.2) is 4.39 Å². The van der Waals surface area contributed by atoms with E-state index in [2.05, 4.69) is 0 Å². The summed E-state index contributed by atoms with van der Waals surface area (Å²) < 4.78 is 19.8. The molecular formula is C26H33FN2O3. The smallest absolute Gasteiger partial charge is 0.257 e. The van der Waals surface area contributed by atoms with E-state index in [1.807, 2.05) is 11.0 Å². The fourth-order valence-electron chi connectivity index (χ4n) is 5.39. The molecule has 172 valence electrons. The number of amides is 2. The maximum Gasteiger partial charge on any atom is 0.257 e. The molecule has 2 aromatic rings. The molecule has 32 heavy (non-hydrogen) atoms. The van der Waals surface area contributed by atoms with E-state index >= 15 is 0 Å². The summed E-state index contributed by atoms with van der Waals surface area (Å²) in [4.78, 5) is 29.9. The first kappa shape index (κ1) is 22.6. The van der Waals surface area contributed by atoms with Crippen molar-refractivity contribution in [3.05, 3.63) is 59.3 Å². The Morgan fingerprint density at radius 1 is 1.12 bits per heavy atom. The molecule has 0 bridgehead atoms. The van der Waals surface area contributed by atoms with E-state index in [0.29, 0.717) is 42.3 Å². The summed E-state index contributed by atoms with van der Waals surface area (Å²) >= 11 is 0. The number of aryl methyl sites for hydroxylation is 1. The number of benzene rings is 1. The third-order valence-electron chi connectivity index (χ3n) is 7.39. The first-order valence-corrected chi connectivity index (χ1v) is 11.8. The van der Waals surface area contributed by atoms with Crippen LogP contribution in [0.15, 0.2) is 41.0 Å². The van der Waals surface area contributed by atoms with Crippen LogP contribution in [0.3, 0.4) is 0 Å². The zero-order valence-electron chi connectivity index (χ0n) is 19.1. The van der Waals surface area contributed by atoms with Gasteiger partial charge in [0, 0.05) is 32.1 Å². The van der Waals surface area contributed by atoms with Gasteiger partial charge in [0.15, 0.2) is 0 Å². The molecule has 2 heterocycles. The summed E-state index contributed by atoms with van der Waals surface area (Å²) in [5.74, 6) is 0.916. The monoisotopic (exact) mass is 440 g/mol. The fraction of sp³-hybridized carbons (Fsp3) is 0.538. The lowest BCUT2D eigenvalue weighted by Crippen LogP contribution is -2.49. The molecule has 5 nitrogen and oxygen atoms in total. The Morgan fingerprint density at radius 2 is 1.81 bits per heavy atom. The maximum atomic E-state index is 14.5. The molecule has 0 spiro atoms. The molecule has 0 radical (unpaired) electrons. The SMILES string of the molecule is Cc1occc1C(=O)N(C)C(Cc1ccccc1F)C1CCN(C(=O)C2CCCC2)CC1. The van der Waals surface area contributed by atoms with Gasteiger partial charge in [0.2, 0.25) is 5.91 Å². The first-order chi connectivity index (χ1) is 15.5. The van der Waals surface area contributed by atoms with Crippen LogP contribution in [-0.4, -0.2) is 47.8 Å². The van der Waals surface area contributed by atoms with Gasteiger partial charge in [0.05, 0.1) is 11.8 Å².